The van der Waals surface area contributed by atoms with E-state index in [-0.39, 0.29) is 0 Å². The first-order chi connectivity index (χ1) is 8.16. The van der Waals surface area contributed by atoms with E-state index >= 15 is 0 Å². The topological polar surface area (TPSA) is 21.3 Å². The van der Waals surface area contributed by atoms with Gasteiger partial charge in [-0.15, -0.1) is 0 Å². The summed E-state index contributed by atoms with van der Waals surface area (Å²) in [5, 5.41) is 3.38. The molecule has 0 aliphatic heterocycles. The van der Waals surface area contributed by atoms with Crippen LogP contribution in [0.1, 0.15) is 19.8 Å². The highest BCUT2D eigenvalue weighted by atomic mass is 19.3. The van der Waals surface area contributed by atoms with Crippen LogP contribution in [-0.2, 0) is 4.74 Å². The van der Waals surface area contributed by atoms with Gasteiger partial charge < -0.3 is 10.1 Å². The van der Waals surface area contributed by atoms with Gasteiger partial charge in [0.05, 0.1) is 6.61 Å². The zero-order valence-electron chi connectivity index (χ0n) is 10.2. The third-order valence-corrected chi connectivity index (χ3v) is 3.93. The molecule has 2 rings (SSSR count). The number of hydrogen-bond donors (Lipinski definition) is 1. The maximum absolute atomic E-state index is 11.8. The second-order valence-corrected chi connectivity index (χ2v) is 5.15. The second kappa shape index (κ2) is 5.91. The average Bonchev–Trinajstić information content (AvgIpc) is 2.89. The lowest BCUT2D eigenvalue weighted by molar-refractivity contribution is 0.0178. The molecule has 1 fully saturated rings. The molecule has 4 unspecified atom stereocenters. The predicted molar refractivity (Wildman–Crippen MR) is 63.1 cm³/mol. The van der Waals surface area contributed by atoms with Crippen molar-refractivity contribution in [2.75, 3.05) is 19.8 Å². The van der Waals surface area contributed by atoms with Crippen LogP contribution in [0.3, 0.4) is 0 Å². The lowest BCUT2D eigenvalue weighted by Gasteiger charge is -2.26. The molecular weight excluding hydrogens is 224 g/mol. The number of nitrogens with one attached hydrogen (secondary N) is 1. The molecule has 0 spiro atoms. The van der Waals surface area contributed by atoms with Crippen LogP contribution >= 0.6 is 0 Å². The lowest BCUT2D eigenvalue weighted by Crippen LogP contribution is -2.37. The van der Waals surface area contributed by atoms with Gasteiger partial charge in [0.1, 0.15) is 6.61 Å². The van der Waals surface area contributed by atoms with Crippen molar-refractivity contribution in [2.24, 2.45) is 17.8 Å². The van der Waals surface area contributed by atoms with Gasteiger partial charge in [-0.25, -0.2) is 8.78 Å². The van der Waals surface area contributed by atoms with E-state index in [1.165, 1.54) is 12.8 Å². The van der Waals surface area contributed by atoms with E-state index in [1.807, 2.05) is 0 Å². The number of rotatable bonds is 7. The summed E-state index contributed by atoms with van der Waals surface area (Å²) in [5.41, 5.74) is 0. The van der Waals surface area contributed by atoms with Gasteiger partial charge in [0.15, 0.2) is 0 Å². The number of fused-ring (bicyclic) bond motifs is 2. The molecule has 98 valence electrons. The van der Waals surface area contributed by atoms with E-state index in [0.29, 0.717) is 25.1 Å². The first-order valence-electron chi connectivity index (χ1n) is 6.44. The quantitative estimate of drug-likeness (QED) is 0.549. The van der Waals surface area contributed by atoms with Crippen molar-refractivity contribution in [1.82, 2.24) is 5.32 Å². The Labute approximate surface area is 101 Å². The van der Waals surface area contributed by atoms with Crippen molar-refractivity contribution in [1.29, 1.82) is 0 Å². The third kappa shape index (κ3) is 3.49. The Hall–Kier alpha value is -0.480. The second-order valence-electron chi connectivity index (χ2n) is 5.15. The monoisotopic (exact) mass is 245 g/mol. The standard InChI is InChI=1S/C13H21F2NO/c1-9(16-4-5-17-8-13(14)15)12-7-10-2-3-11(12)6-10/h2-3,9-13,16H,4-8H2,1H3. The third-order valence-electron chi connectivity index (χ3n) is 3.93. The number of halogens is 2. The summed E-state index contributed by atoms with van der Waals surface area (Å²) in [4.78, 5) is 0. The van der Waals surface area contributed by atoms with Gasteiger partial charge in [0.2, 0.25) is 0 Å². The summed E-state index contributed by atoms with van der Waals surface area (Å²) >= 11 is 0. The highest BCUT2D eigenvalue weighted by molar-refractivity contribution is 5.11. The van der Waals surface area contributed by atoms with Crippen LogP contribution in [0.25, 0.3) is 0 Å². The summed E-state index contributed by atoms with van der Waals surface area (Å²) in [5.74, 6) is 2.22. The van der Waals surface area contributed by atoms with Crippen LogP contribution in [0.2, 0.25) is 0 Å². The Bertz CT molecular complexity index is 270. The van der Waals surface area contributed by atoms with Crippen LogP contribution in [0.4, 0.5) is 8.78 Å². The minimum absolute atomic E-state index is 0.366. The molecule has 2 aliphatic rings. The molecule has 2 nitrogen and oxygen atoms in total. The van der Waals surface area contributed by atoms with E-state index in [1.54, 1.807) is 0 Å². The van der Waals surface area contributed by atoms with Crippen LogP contribution in [0.15, 0.2) is 12.2 Å². The molecule has 2 aliphatic carbocycles. The molecule has 0 heterocycles. The van der Waals surface area contributed by atoms with Crippen LogP contribution in [0, 0.1) is 17.8 Å². The van der Waals surface area contributed by atoms with Gasteiger partial charge in [0.25, 0.3) is 6.43 Å². The largest absolute Gasteiger partial charge is 0.374 e. The molecule has 0 radical (unpaired) electrons. The number of hydrogen-bond acceptors (Lipinski definition) is 2. The van der Waals surface area contributed by atoms with Gasteiger partial charge in [-0.1, -0.05) is 12.2 Å². The molecule has 17 heavy (non-hydrogen) atoms. The Kier molecular flexibility index (Phi) is 4.51. The Morgan fingerprint density at radius 1 is 1.35 bits per heavy atom. The molecular formula is C13H21F2NO. The van der Waals surface area contributed by atoms with Crippen molar-refractivity contribution in [3.8, 4) is 0 Å². The maximum atomic E-state index is 11.8. The van der Waals surface area contributed by atoms with Gasteiger partial charge in [0, 0.05) is 12.6 Å². The average molecular weight is 245 g/mol. The molecule has 0 aromatic rings. The van der Waals surface area contributed by atoms with Gasteiger partial charge >= 0.3 is 0 Å². The van der Waals surface area contributed by atoms with E-state index in [9.17, 15) is 8.78 Å². The highest BCUT2D eigenvalue weighted by Crippen LogP contribution is 2.44. The summed E-state index contributed by atoms with van der Waals surface area (Å²) in [6, 6.07) is 0.449. The van der Waals surface area contributed by atoms with Crippen molar-refractivity contribution < 1.29 is 13.5 Å². The van der Waals surface area contributed by atoms with Crippen molar-refractivity contribution in [2.45, 2.75) is 32.2 Å². The van der Waals surface area contributed by atoms with Gasteiger partial charge in [-0.2, -0.15) is 0 Å². The molecule has 0 aromatic heterocycles. The fourth-order valence-electron chi connectivity index (χ4n) is 3.08. The highest BCUT2D eigenvalue weighted by Gasteiger charge is 2.38. The van der Waals surface area contributed by atoms with Gasteiger partial charge in [-0.05, 0) is 37.5 Å². The first-order valence-corrected chi connectivity index (χ1v) is 6.44. The molecule has 0 saturated heterocycles. The van der Waals surface area contributed by atoms with E-state index in [4.69, 9.17) is 4.74 Å². The zero-order valence-corrected chi connectivity index (χ0v) is 10.2. The van der Waals surface area contributed by atoms with Gasteiger partial charge in [-0.3, -0.25) is 0 Å². The smallest absolute Gasteiger partial charge is 0.261 e. The van der Waals surface area contributed by atoms with Crippen molar-refractivity contribution >= 4 is 0 Å². The fourth-order valence-corrected chi connectivity index (χ4v) is 3.08. The molecule has 0 aromatic carbocycles. The Morgan fingerprint density at radius 2 is 2.18 bits per heavy atom. The predicted octanol–water partition coefficient (Wildman–Crippen LogP) is 2.46. The van der Waals surface area contributed by atoms with Crippen LogP contribution < -0.4 is 5.32 Å². The minimum Gasteiger partial charge on any atom is -0.374 e. The van der Waals surface area contributed by atoms with Crippen molar-refractivity contribution in [3.63, 3.8) is 0 Å². The molecule has 1 saturated carbocycles. The normalized spacial score (nSPS) is 32.6. The number of allylic oxidation sites excluding steroid dienone is 2. The first kappa shape index (κ1) is 13.0. The lowest BCUT2D eigenvalue weighted by atomic mass is 9.87. The number of ether oxygens (including phenoxy) is 1. The molecule has 4 atom stereocenters. The Morgan fingerprint density at radius 3 is 2.76 bits per heavy atom. The summed E-state index contributed by atoms with van der Waals surface area (Å²) < 4.78 is 28.5. The van der Waals surface area contributed by atoms with Crippen molar-refractivity contribution in [3.05, 3.63) is 12.2 Å². The van der Waals surface area contributed by atoms with Crippen LogP contribution in [0.5, 0.6) is 0 Å². The van der Waals surface area contributed by atoms with Crippen LogP contribution in [-0.4, -0.2) is 32.2 Å². The summed E-state index contributed by atoms with van der Waals surface area (Å²) in [6.07, 6.45) is 4.89. The van der Waals surface area contributed by atoms with E-state index < -0.39 is 13.0 Å². The molecule has 2 bridgehead atoms. The molecule has 0 amide bonds. The number of alkyl halides is 2. The van der Waals surface area contributed by atoms with E-state index in [0.717, 1.165) is 11.8 Å². The SMILES string of the molecule is CC(NCCOCC(F)F)C1CC2C=CC1C2. The summed E-state index contributed by atoms with van der Waals surface area (Å²) in [6.45, 7) is 2.76. The molecule has 1 N–H and O–H groups in total. The fraction of sp³-hybridized carbons (Fsp3) is 0.846. The van der Waals surface area contributed by atoms with E-state index in [2.05, 4.69) is 24.4 Å². The summed E-state index contributed by atoms with van der Waals surface area (Å²) in [7, 11) is 0. The zero-order chi connectivity index (χ0) is 12.3. The maximum Gasteiger partial charge on any atom is 0.261 e. The minimum atomic E-state index is -2.36. The Balaban J connectivity index is 1.58. The molecule has 4 heteroatoms.